The summed E-state index contributed by atoms with van der Waals surface area (Å²) in [5.41, 5.74) is 3.44. The number of amides is 1. The van der Waals surface area contributed by atoms with E-state index in [1.807, 2.05) is 36.5 Å². The zero-order valence-corrected chi connectivity index (χ0v) is 13.0. The fourth-order valence-electron chi connectivity index (χ4n) is 3.15. The first-order chi connectivity index (χ1) is 11.3. The highest BCUT2D eigenvalue weighted by Gasteiger charge is 2.32. The third-order valence-electron chi connectivity index (χ3n) is 4.53. The van der Waals surface area contributed by atoms with E-state index in [0.717, 1.165) is 23.9 Å². The molecule has 1 N–H and O–H groups in total. The van der Waals surface area contributed by atoms with Crippen molar-refractivity contribution in [1.29, 1.82) is 0 Å². The van der Waals surface area contributed by atoms with E-state index in [1.54, 1.807) is 0 Å². The summed E-state index contributed by atoms with van der Waals surface area (Å²) in [6.07, 6.45) is 4.70. The Morgan fingerprint density at radius 3 is 2.65 bits per heavy atom. The average Bonchev–Trinajstić information content (AvgIpc) is 3.29. The molecule has 0 unspecified atom stereocenters. The maximum atomic E-state index is 12.8. The molecular weight excluding hydrogens is 284 g/mol. The van der Waals surface area contributed by atoms with Gasteiger partial charge < -0.3 is 9.88 Å². The number of hydrogen-bond acceptors (Lipinski definition) is 1. The number of H-pyrrole nitrogens is 1. The molecule has 116 valence electrons. The molecule has 4 rings (SSSR count). The smallest absolute Gasteiger partial charge is 0.227 e. The summed E-state index contributed by atoms with van der Waals surface area (Å²) in [6.45, 7) is 0.700. The molecule has 1 saturated carbocycles. The second-order valence-electron chi connectivity index (χ2n) is 6.27. The molecule has 1 fully saturated rings. The molecule has 0 saturated heterocycles. The quantitative estimate of drug-likeness (QED) is 0.762. The van der Waals surface area contributed by atoms with Crippen molar-refractivity contribution in [1.82, 2.24) is 9.88 Å². The minimum Gasteiger partial charge on any atom is -0.361 e. The first-order valence-corrected chi connectivity index (χ1v) is 8.19. The zero-order chi connectivity index (χ0) is 15.6. The van der Waals surface area contributed by atoms with Gasteiger partial charge in [-0.3, -0.25) is 4.79 Å². The number of hydrogen-bond donors (Lipinski definition) is 1. The minimum absolute atomic E-state index is 0.228. The number of aromatic amines is 1. The molecule has 0 aliphatic heterocycles. The van der Waals surface area contributed by atoms with Crippen molar-refractivity contribution in [2.24, 2.45) is 0 Å². The number of benzene rings is 2. The van der Waals surface area contributed by atoms with Gasteiger partial charge in [-0.05, 0) is 36.1 Å². The van der Waals surface area contributed by atoms with Crippen molar-refractivity contribution in [3.8, 4) is 0 Å². The molecule has 0 spiro atoms. The van der Waals surface area contributed by atoms with E-state index < -0.39 is 0 Å². The van der Waals surface area contributed by atoms with Gasteiger partial charge in [0.05, 0.1) is 6.42 Å². The number of carbonyl (C=O) groups excluding carboxylic acids is 1. The molecule has 1 amide bonds. The largest absolute Gasteiger partial charge is 0.361 e. The number of nitrogens with zero attached hydrogens (tertiary/aromatic N) is 1. The topological polar surface area (TPSA) is 36.1 Å². The Balaban J connectivity index is 1.56. The number of nitrogens with one attached hydrogen (secondary N) is 1. The molecule has 3 aromatic rings. The highest BCUT2D eigenvalue weighted by molar-refractivity contribution is 5.84. The maximum Gasteiger partial charge on any atom is 0.227 e. The van der Waals surface area contributed by atoms with Crippen LogP contribution >= 0.6 is 0 Å². The monoisotopic (exact) mass is 304 g/mol. The Hall–Kier alpha value is -2.55. The van der Waals surface area contributed by atoms with Gasteiger partial charge in [0.2, 0.25) is 5.91 Å². The van der Waals surface area contributed by atoms with Crippen LogP contribution < -0.4 is 0 Å². The summed E-state index contributed by atoms with van der Waals surface area (Å²) >= 11 is 0. The fraction of sp³-hybridized carbons (Fsp3) is 0.250. The number of aromatic nitrogens is 1. The van der Waals surface area contributed by atoms with Gasteiger partial charge in [0, 0.05) is 29.7 Å². The highest BCUT2D eigenvalue weighted by Crippen LogP contribution is 2.30. The van der Waals surface area contributed by atoms with Crippen LogP contribution in [0.25, 0.3) is 10.9 Å². The van der Waals surface area contributed by atoms with Crippen molar-refractivity contribution in [3.63, 3.8) is 0 Å². The molecular formula is C20H20N2O. The predicted molar refractivity (Wildman–Crippen MR) is 92.0 cm³/mol. The van der Waals surface area contributed by atoms with Gasteiger partial charge >= 0.3 is 0 Å². The average molecular weight is 304 g/mol. The third kappa shape index (κ3) is 3.00. The zero-order valence-electron chi connectivity index (χ0n) is 13.0. The molecule has 3 heteroatoms. The minimum atomic E-state index is 0.228. The van der Waals surface area contributed by atoms with E-state index in [0.29, 0.717) is 19.0 Å². The van der Waals surface area contributed by atoms with Gasteiger partial charge in [-0.15, -0.1) is 0 Å². The third-order valence-corrected chi connectivity index (χ3v) is 4.53. The van der Waals surface area contributed by atoms with Gasteiger partial charge in [0.15, 0.2) is 0 Å². The summed E-state index contributed by atoms with van der Waals surface area (Å²) in [7, 11) is 0. The van der Waals surface area contributed by atoms with Gasteiger partial charge in [-0.1, -0.05) is 42.5 Å². The van der Waals surface area contributed by atoms with Crippen LogP contribution in [0.1, 0.15) is 24.0 Å². The Morgan fingerprint density at radius 1 is 1.04 bits per heavy atom. The lowest BCUT2D eigenvalue weighted by molar-refractivity contribution is -0.131. The van der Waals surface area contributed by atoms with E-state index in [4.69, 9.17) is 0 Å². The van der Waals surface area contributed by atoms with Crippen LogP contribution in [0, 0.1) is 0 Å². The number of fused-ring (bicyclic) bond motifs is 1. The lowest BCUT2D eigenvalue weighted by Gasteiger charge is -2.23. The Morgan fingerprint density at radius 2 is 1.87 bits per heavy atom. The second kappa shape index (κ2) is 5.92. The second-order valence-corrected chi connectivity index (χ2v) is 6.27. The van der Waals surface area contributed by atoms with Crippen molar-refractivity contribution in [2.75, 3.05) is 0 Å². The normalized spacial score (nSPS) is 14.1. The van der Waals surface area contributed by atoms with Crippen LogP contribution in [-0.4, -0.2) is 21.8 Å². The van der Waals surface area contributed by atoms with Crippen LogP contribution in [0.3, 0.4) is 0 Å². The molecule has 1 aliphatic carbocycles. The molecule has 23 heavy (non-hydrogen) atoms. The van der Waals surface area contributed by atoms with Crippen LogP contribution in [-0.2, 0) is 17.8 Å². The van der Waals surface area contributed by atoms with Crippen molar-refractivity contribution >= 4 is 16.8 Å². The van der Waals surface area contributed by atoms with Gasteiger partial charge in [-0.2, -0.15) is 0 Å². The summed E-state index contributed by atoms with van der Waals surface area (Å²) < 4.78 is 0. The molecule has 1 heterocycles. The first-order valence-electron chi connectivity index (χ1n) is 8.19. The maximum absolute atomic E-state index is 12.8. The molecule has 3 nitrogen and oxygen atoms in total. The standard InChI is InChI=1S/C20H20N2O/c23-20(13-15-5-2-1-3-6-15)22(17-9-10-17)14-16-7-4-8-19-18(16)11-12-21-19/h1-8,11-12,17,21H,9-10,13-14H2. The van der Waals surface area contributed by atoms with Crippen LogP contribution in [0.2, 0.25) is 0 Å². The molecule has 0 atom stereocenters. The Bertz CT molecular complexity index is 818. The van der Waals surface area contributed by atoms with Gasteiger partial charge in [0.25, 0.3) is 0 Å². The molecule has 1 aromatic heterocycles. The van der Waals surface area contributed by atoms with Gasteiger partial charge in [0.1, 0.15) is 0 Å². The van der Waals surface area contributed by atoms with Crippen LogP contribution in [0.15, 0.2) is 60.8 Å². The predicted octanol–water partition coefficient (Wildman–Crippen LogP) is 3.90. The Kier molecular flexibility index (Phi) is 3.62. The molecule has 2 aromatic carbocycles. The summed E-state index contributed by atoms with van der Waals surface area (Å²) in [5, 5.41) is 1.21. The Labute approximate surface area is 135 Å². The lowest BCUT2D eigenvalue weighted by atomic mass is 10.1. The summed E-state index contributed by atoms with van der Waals surface area (Å²) in [6, 6.07) is 18.8. The molecule has 0 radical (unpaired) electrons. The van der Waals surface area contributed by atoms with E-state index in [-0.39, 0.29) is 5.91 Å². The number of rotatable bonds is 5. The summed E-state index contributed by atoms with van der Waals surface area (Å²) in [5.74, 6) is 0.228. The van der Waals surface area contributed by atoms with Gasteiger partial charge in [-0.25, -0.2) is 0 Å². The SMILES string of the molecule is O=C(Cc1ccccc1)N(Cc1cccc2[nH]ccc12)C1CC1. The number of carbonyl (C=O) groups is 1. The fourth-order valence-corrected chi connectivity index (χ4v) is 3.15. The van der Waals surface area contributed by atoms with Crippen molar-refractivity contribution < 1.29 is 4.79 Å². The lowest BCUT2D eigenvalue weighted by Crippen LogP contribution is -2.33. The van der Waals surface area contributed by atoms with E-state index in [1.165, 1.54) is 10.9 Å². The highest BCUT2D eigenvalue weighted by atomic mass is 16.2. The van der Waals surface area contributed by atoms with Crippen molar-refractivity contribution in [3.05, 3.63) is 71.9 Å². The van der Waals surface area contributed by atoms with E-state index in [2.05, 4.69) is 34.1 Å². The van der Waals surface area contributed by atoms with Crippen molar-refractivity contribution in [2.45, 2.75) is 31.8 Å². The summed E-state index contributed by atoms with van der Waals surface area (Å²) in [4.78, 5) is 18.1. The van der Waals surface area contributed by atoms with E-state index in [9.17, 15) is 4.79 Å². The molecule has 0 bridgehead atoms. The first kappa shape index (κ1) is 14.1. The van der Waals surface area contributed by atoms with E-state index >= 15 is 0 Å². The molecule has 1 aliphatic rings. The van der Waals surface area contributed by atoms with Crippen LogP contribution in [0.5, 0.6) is 0 Å². The van der Waals surface area contributed by atoms with Crippen LogP contribution in [0.4, 0.5) is 0 Å².